The number of hydrogen-bond acceptors (Lipinski definition) is 4. The standard InChI is InChI=1S/C4H3N5O/c10-3-1-6-9-4(8-3)5-2-7-9/h1-2H,(H,5,7,8,10). The van der Waals surface area contributed by atoms with Crippen LogP contribution in [0.15, 0.2) is 17.3 Å². The molecule has 2 rings (SSSR count). The Bertz CT molecular complexity index is 401. The molecule has 0 unspecified atom stereocenters. The number of hydrogen-bond donors (Lipinski definition) is 1. The van der Waals surface area contributed by atoms with E-state index in [0.29, 0.717) is 5.78 Å². The summed E-state index contributed by atoms with van der Waals surface area (Å²) in [5.74, 6) is 0.354. The van der Waals surface area contributed by atoms with Crippen LogP contribution in [-0.2, 0) is 0 Å². The maximum Gasteiger partial charge on any atom is 0.271 e. The Morgan fingerprint density at radius 1 is 1.50 bits per heavy atom. The van der Waals surface area contributed by atoms with Gasteiger partial charge in [0.2, 0.25) is 0 Å². The largest absolute Gasteiger partial charge is 0.288 e. The van der Waals surface area contributed by atoms with Gasteiger partial charge in [0.05, 0.1) is 0 Å². The molecule has 50 valence electrons. The predicted molar refractivity (Wildman–Crippen MR) is 31.4 cm³/mol. The van der Waals surface area contributed by atoms with Gasteiger partial charge in [-0.2, -0.15) is 4.98 Å². The number of rotatable bonds is 0. The smallest absolute Gasteiger partial charge is 0.271 e. The van der Waals surface area contributed by atoms with Crippen molar-refractivity contribution in [3.05, 3.63) is 22.9 Å². The van der Waals surface area contributed by atoms with Crippen molar-refractivity contribution in [1.29, 1.82) is 0 Å². The molecule has 6 nitrogen and oxygen atoms in total. The van der Waals surface area contributed by atoms with Gasteiger partial charge in [-0.3, -0.25) is 9.78 Å². The molecular formula is C4H3N5O. The molecule has 0 aromatic carbocycles. The summed E-state index contributed by atoms with van der Waals surface area (Å²) in [4.78, 5) is 16.7. The van der Waals surface area contributed by atoms with Crippen molar-refractivity contribution in [2.24, 2.45) is 0 Å². The van der Waals surface area contributed by atoms with Gasteiger partial charge in [0.1, 0.15) is 12.5 Å². The van der Waals surface area contributed by atoms with Crippen LogP contribution in [0.1, 0.15) is 0 Å². The second-order valence-electron chi connectivity index (χ2n) is 1.71. The van der Waals surface area contributed by atoms with Gasteiger partial charge >= 0.3 is 0 Å². The van der Waals surface area contributed by atoms with E-state index in [0.717, 1.165) is 6.20 Å². The molecule has 0 spiro atoms. The summed E-state index contributed by atoms with van der Waals surface area (Å²) in [5.41, 5.74) is -0.277. The highest BCUT2D eigenvalue weighted by Gasteiger charge is 1.92. The summed E-state index contributed by atoms with van der Waals surface area (Å²) in [5, 5.41) is 7.32. The van der Waals surface area contributed by atoms with E-state index >= 15 is 0 Å². The van der Waals surface area contributed by atoms with Crippen LogP contribution in [-0.4, -0.2) is 24.8 Å². The summed E-state index contributed by atoms with van der Waals surface area (Å²) in [6.07, 6.45) is 2.46. The fourth-order valence-corrected chi connectivity index (χ4v) is 0.652. The molecule has 6 heteroatoms. The molecule has 2 aromatic heterocycles. The van der Waals surface area contributed by atoms with Crippen LogP contribution in [0.4, 0.5) is 0 Å². The number of aromatic amines is 1. The highest BCUT2D eigenvalue weighted by atomic mass is 16.1. The van der Waals surface area contributed by atoms with Crippen molar-refractivity contribution in [3.63, 3.8) is 0 Å². The zero-order valence-corrected chi connectivity index (χ0v) is 4.85. The number of fused-ring (bicyclic) bond motifs is 1. The van der Waals surface area contributed by atoms with Gasteiger partial charge in [0.15, 0.2) is 0 Å². The Hall–Kier alpha value is -1.72. The van der Waals surface area contributed by atoms with Gasteiger partial charge in [-0.15, -0.1) is 14.8 Å². The van der Waals surface area contributed by atoms with E-state index in [9.17, 15) is 4.79 Å². The van der Waals surface area contributed by atoms with Gasteiger partial charge < -0.3 is 0 Å². The van der Waals surface area contributed by atoms with Gasteiger partial charge in [0, 0.05) is 0 Å². The lowest BCUT2D eigenvalue weighted by molar-refractivity contribution is 0.774. The topological polar surface area (TPSA) is 75.9 Å². The first-order valence-electron chi connectivity index (χ1n) is 2.61. The van der Waals surface area contributed by atoms with E-state index in [-0.39, 0.29) is 5.56 Å². The highest BCUT2D eigenvalue weighted by Crippen LogP contribution is 1.80. The summed E-state index contributed by atoms with van der Waals surface area (Å²) in [6.45, 7) is 0. The molecule has 0 saturated carbocycles. The minimum absolute atomic E-state index is 0.277. The van der Waals surface area contributed by atoms with Gasteiger partial charge in [-0.05, 0) is 0 Å². The molecule has 0 saturated heterocycles. The molecule has 0 atom stereocenters. The Morgan fingerprint density at radius 3 is 3.30 bits per heavy atom. The van der Waals surface area contributed by atoms with Crippen LogP contribution in [0.25, 0.3) is 5.78 Å². The van der Waals surface area contributed by atoms with Gasteiger partial charge in [-0.25, -0.2) is 0 Å². The maximum absolute atomic E-state index is 10.6. The maximum atomic E-state index is 10.6. The minimum Gasteiger partial charge on any atom is -0.288 e. The van der Waals surface area contributed by atoms with E-state index in [1.54, 1.807) is 0 Å². The van der Waals surface area contributed by atoms with Crippen LogP contribution in [0.3, 0.4) is 0 Å². The lowest BCUT2D eigenvalue weighted by Gasteiger charge is -1.84. The molecule has 2 aromatic rings. The molecule has 2 heterocycles. The van der Waals surface area contributed by atoms with Crippen LogP contribution in [0.2, 0.25) is 0 Å². The SMILES string of the molecule is O=c1cnn2ncnc2[nH]1. The molecule has 0 aliphatic carbocycles. The van der Waals surface area contributed by atoms with Crippen molar-refractivity contribution in [1.82, 2.24) is 24.8 Å². The summed E-state index contributed by atoms with van der Waals surface area (Å²) in [6, 6.07) is 0. The summed E-state index contributed by atoms with van der Waals surface area (Å²) >= 11 is 0. The molecule has 0 fully saturated rings. The first-order valence-corrected chi connectivity index (χ1v) is 2.61. The van der Waals surface area contributed by atoms with E-state index in [1.807, 2.05) is 0 Å². The number of H-pyrrole nitrogens is 1. The third-order valence-corrected chi connectivity index (χ3v) is 1.05. The van der Waals surface area contributed by atoms with Gasteiger partial charge in [0.25, 0.3) is 11.3 Å². The zero-order chi connectivity index (χ0) is 6.97. The normalized spacial score (nSPS) is 10.4. The quantitative estimate of drug-likeness (QED) is 0.495. The van der Waals surface area contributed by atoms with Gasteiger partial charge in [-0.1, -0.05) is 0 Å². The highest BCUT2D eigenvalue weighted by molar-refractivity contribution is 5.19. The van der Waals surface area contributed by atoms with Crippen molar-refractivity contribution < 1.29 is 0 Å². The second-order valence-corrected chi connectivity index (χ2v) is 1.71. The Labute approximate surface area is 54.5 Å². The van der Waals surface area contributed by atoms with E-state index < -0.39 is 0 Å². The Morgan fingerprint density at radius 2 is 2.40 bits per heavy atom. The molecule has 0 aliphatic heterocycles. The van der Waals surface area contributed by atoms with E-state index in [2.05, 4.69) is 20.2 Å². The zero-order valence-electron chi connectivity index (χ0n) is 4.85. The first kappa shape index (κ1) is 5.10. The average molecular weight is 137 g/mol. The fraction of sp³-hybridized carbons (Fsp3) is 0. The average Bonchev–Trinajstić information content (AvgIpc) is 2.33. The molecule has 0 amide bonds. The van der Waals surface area contributed by atoms with Crippen LogP contribution < -0.4 is 5.56 Å². The van der Waals surface area contributed by atoms with Crippen molar-refractivity contribution in [3.8, 4) is 0 Å². The third-order valence-electron chi connectivity index (χ3n) is 1.05. The van der Waals surface area contributed by atoms with Crippen LogP contribution in [0, 0.1) is 0 Å². The monoisotopic (exact) mass is 137 g/mol. The van der Waals surface area contributed by atoms with E-state index in [1.165, 1.54) is 11.0 Å². The van der Waals surface area contributed by atoms with Crippen molar-refractivity contribution in [2.75, 3.05) is 0 Å². The molecule has 0 radical (unpaired) electrons. The van der Waals surface area contributed by atoms with Crippen LogP contribution >= 0.6 is 0 Å². The molecule has 0 bridgehead atoms. The lowest BCUT2D eigenvalue weighted by Crippen LogP contribution is -2.09. The molecule has 0 aliphatic rings. The van der Waals surface area contributed by atoms with Crippen molar-refractivity contribution in [2.45, 2.75) is 0 Å². The fourth-order valence-electron chi connectivity index (χ4n) is 0.652. The van der Waals surface area contributed by atoms with Crippen molar-refractivity contribution >= 4 is 5.78 Å². The Kier molecular flexibility index (Phi) is 0.830. The first-order chi connectivity index (χ1) is 4.86. The molecule has 10 heavy (non-hydrogen) atoms. The third kappa shape index (κ3) is 0.586. The molecular weight excluding hydrogens is 134 g/mol. The molecule has 1 N–H and O–H groups in total. The summed E-state index contributed by atoms with van der Waals surface area (Å²) in [7, 11) is 0. The summed E-state index contributed by atoms with van der Waals surface area (Å²) < 4.78 is 1.24. The predicted octanol–water partition coefficient (Wildman–Crippen LogP) is -1.19. The lowest BCUT2D eigenvalue weighted by atomic mass is 10.8. The Balaban J connectivity index is 2.99. The van der Waals surface area contributed by atoms with E-state index in [4.69, 9.17) is 0 Å². The number of nitrogens with zero attached hydrogens (tertiary/aromatic N) is 4. The number of nitrogens with one attached hydrogen (secondary N) is 1. The second kappa shape index (κ2) is 1.63. The number of aromatic nitrogens is 5. The minimum atomic E-state index is -0.277. The van der Waals surface area contributed by atoms with Crippen LogP contribution in [0.5, 0.6) is 0 Å².